The monoisotopic (exact) mass is 280 g/mol. The van der Waals surface area contributed by atoms with E-state index in [0.29, 0.717) is 18.4 Å². The van der Waals surface area contributed by atoms with Crippen molar-refractivity contribution in [2.24, 2.45) is 0 Å². The third kappa shape index (κ3) is 4.50. The van der Waals surface area contributed by atoms with Crippen LogP contribution in [-0.2, 0) is 16.0 Å². The lowest BCUT2D eigenvalue weighted by Crippen LogP contribution is -2.07. The van der Waals surface area contributed by atoms with Crippen molar-refractivity contribution in [3.63, 3.8) is 0 Å². The van der Waals surface area contributed by atoms with Crippen LogP contribution in [0.5, 0.6) is 0 Å². The van der Waals surface area contributed by atoms with Crippen molar-refractivity contribution in [1.29, 1.82) is 0 Å². The molecule has 2 nitrogen and oxygen atoms in total. The summed E-state index contributed by atoms with van der Waals surface area (Å²) in [6, 6.07) is 7.61. The fourth-order valence-corrected chi connectivity index (χ4v) is 1.36. The predicted molar refractivity (Wildman–Crippen MR) is 67.5 cm³/mol. The van der Waals surface area contributed by atoms with Crippen molar-refractivity contribution in [2.45, 2.75) is 13.3 Å². The van der Waals surface area contributed by atoms with Gasteiger partial charge in [-0.2, -0.15) is 0 Å². The van der Waals surface area contributed by atoms with Gasteiger partial charge in [-0.05, 0) is 24.6 Å². The van der Waals surface area contributed by atoms with Gasteiger partial charge in [0.05, 0.1) is 18.4 Å². The predicted octanol–water partition coefficient (Wildman–Crippen LogP) is 2.54. The zero-order valence-electron chi connectivity index (χ0n) is 9.13. The number of hydrogen-bond acceptors (Lipinski definition) is 2. The summed E-state index contributed by atoms with van der Waals surface area (Å²) in [5, 5.41) is 0.664. The molecule has 0 spiro atoms. The molecular formula is C13H13BrO2. The van der Waals surface area contributed by atoms with E-state index < -0.39 is 0 Å². The van der Waals surface area contributed by atoms with Crippen LogP contribution >= 0.6 is 15.9 Å². The van der Waals surface area contributed by atoms with E-state index >= 15 is 0 Å². The minimum atomic E-state index is -0.193. The largest absolute Gasteiger partial charge is 0.466 e. The Morgan fingerprint density at radius 3 is 2.62 bits per heavy atom. The van der Waals surface area contributed by atoms with Crippen LogP contribution < -0.4 is 0 Å². The lowest BCUT2D eigenvalue weighted by Gasteiger charge is -2.01. The number of carbonyl (C=O) groups is 1. The molecule has 0 aliphatic carbocycles. The third-order valence-electron chi connectivity index (χ3n) is 1.91. The highest BCUT2D eigenvalue weighted by molar-refractivity contribution is 9.09. The first-order chi connectivity index (χ1) is 7.76. The van der Waals surface area contributed by atoms with Gasteiger partial charge in [0.25, 0.3) is 0 Å². The summed E-state index contributed by atoms with van der Waals surface area (Å²) in [5.74, 6) is 5.71. The number of alkyl halides is 1. The first-order valence-electron chi connectivity index (χ1n) is 5.05. The molecule has 3 heteroatoms. The molecular weight excluding hydrogens is 268 g/mol. The standard InChI is InChI=1S/C13H13BrO2/c1-2-16-13(15)10-12-7-5-11(6-8-12)4-3-9-14/h5-8H,2,9-10H2,1H3. The van der Waals surface area contributed by atoms with Crippen molar-refractivity contribution < 1.29 is 9.53 Å². The SMILES string of the molecule is CCOC(=O)Cc1ccc(C#CCBr)cc1. The van der Waals surface area contributed by atoms with Crippen LogP contribution in [0.25, 0.3) is 0 Å². The second-order valence-electron chi connectivity index (χ2n) is 3.11. The number of hydrogen-bond donors (Lipinski definition) is 0. The summed E-state index contributed by atoms with van der Waals surface area (Å²) in [7, 11) is 0. The van der Waals surface area contributed by atoms with Gasteiger partial charge in [-0.25, -0.2) is 0 Å². The van der Waals surface area contributed by atoms with Crippen LogP contribution in [0.4, 0.5) is 0 Å². The minimum Gasteiger partial charge on any atom is -0.466 e. The van der Waals surface area contributed by atoms with Gasteiger partial charge in [0, 0.05) is 5.56 Å². The number of esters is 1. The quantitative estimate of drug-likeness (QED) is 0.483. The molecule has 0 fully saturated rings. The van der Waals surface area contributed by atoms with Crippen LogP contribution in [0.2, 0.25) is 0 Å². The lowest BCUT2D eigenvalue weighted by atomic mass is 10.1. The Hall–Kier alpha value is -1.27. The van der Waals surface area contributed by atoms with E-state index in [4.69, 9.17) is 4.74 Å². The molecule has 0 aliphatic rings. The summed E-state index contributed by atoms with van der Waals surface area (Å²) in [5.41, 5.74) is 1.90. The normalized spacial score (nSPS) is 9.12. The molecule has 0 saturated heterocycles. The summed E-state index contributed by atoms with van der Waals surface area (Å²) >= 11 is 3.24. The summed E-state index contributed by atoms with van der Waals surface area (Å²) in [4.78, 5) is 11.2. The molecule has 0 saturated carbocycles. The van der Waals surface area contributed by atoms with Gasteiger partial charge in [0.1, 0.15) is 0 Å². The van der Waals surface area contributed by atoms with Gasteiger partial charge < -0.3 is 4.74 Å². The average molecular weight is 281 g/mol. The molecule has 0 unspecified atom stereocenters. The molecule has 0 aliphatic heterocycles. The minimum absolute atomic E-state index is 0.193. The number of carbonyl (C=O) groups excluding carboxylic acids is 1. The van der Waals surface area contributed by atoms with Gasteiger partial charge in [0.15, 0.2) is 0 Å². The van der Waals surface area contributed by atoms with Crippen LogP contribution in [0.15, 0.2) is 24.3 Å². The number of rotatable bonds is 3. The first kappa shape index (κ1) is 12.8. The zero-order chi connectivity index (χ0) is 11.8. The van der Waals surface area contributed by atoms with Crippen molar-refractivity contribution in [3.8, 4) is 11.8 Å². The molecule has 0 amide bonds. The fraction of sp³-hybridized carbons (Fsp3) is 0.308. The summed E-state index contributed by atoms with van der Waals surface area (Å²) < 4.78 is 4.87. The van der Waals surface area contributed by atoms with Gasteiger partial charge in [0.2, 0.25) is 0 Å². The maximum absolute atomic E-state index is 11.2. The number of ether oxygens (including phenoxy) is 1. The molecule has 84 valence electrons. The molecule has 16 heavy (non-hydrogen) atoms. The van der Waals surface area contributed by atoms with Crippen LogP contribution in [0.3, 0.4) is 0 Å². The van der Waals surface area contributed by atoms with Crippen LogP contribution in [0, 0.1) is 11.8 Å². The second kappa shape index (κ2) is 7.08. The number of benzene rings is 1. The molecule has 0 atom stereocenters. The highest BCUT2D eigenvalue weighted by Crippen LogP contribution is 2.05. The van der Waals surface area contributed by atoms with Gasteiger partial charge in [-0.15, -0.1) is 0 Å². The smallest absolute Gasteiger partial charge is 0.310 e. The molecule has 0 N–H and O–H groups in total. The molecule has 1 aromatic carbocycles. The maximum atomic E-state index is 11.2. The highest BCUT2D eigenvalue weighted by atomic mass is 79.9. The Balaban J connectivity index is 2.61. The molecule has 0 radical (unpaired) electrons. The Morgan fingerprint density at radius 2 is 2.06 bits per heavy atom. The van der Waals surface area contributed by atoms with E-state index in [-0.39, 0.29) is 5.97 Å². The first-order valence-corrected chi connectivity index (χ1v) is 6.17. The van der Waals surface area contributed by atoms with Crippen molar-refractivity contribution in [1.82, 2.24) is 0 Å². The van der Waals surface area contributed by atoms with E-state index in [9.17, 15) is 4.79 Å². The molecule has 0 bridgehead atoms. The summed E-state index contributed by atoms with van der Waals surface area (Å²) in [6.45, 7) is 2.23. The van der Waals surface area contributed by atoms with Crippen molar-refractivity contribution >= 4 is 21.9 Å². The Bertz CT molecular complexity index is 398. The van der Waals surface area contributed by atoms with E-state index in [1.807, 2.05) is 24.3 Å². The highest BCUT2D eigenvalue weighted by Gasteiger charge is 2.02. The van der Waals surface area contributed by atoms with E-state index in [2.05, 4.69) is 27.8 Å². The lowest BCUT2D eigenvalue weighted by molar-refractivity contribution is -0.142. The van der Waals surface area contributed by atoms with Gasteiger partial charge in [-0.1, -0.05) is 39.9 Å². The average Bonchev–Trinajstić information content (AvgIpc) is 2.28. The van der Waals surface area contributed by atoms with Gasteiger partial charge >= 0.3 is 5.97 Å². The number of halogens is 1. The fourth-order valence-electron chi connectivity index (χ4n) is 1.22. The summed E-state index contributed by atoms with van der Waals surface area (Å²) in [6.07, 6.45) is 0.319. The van der Waals surface area contributed by atoms with Crippen molar-refractivity contribution in [2.75, 3.05) is 11.9 Å². The van der Waals surface area contributed by atoms with Crippen molar-refractivity contribution in [3.05, 3.63) is 35.4 Å². The molecule has 0 heterocycles. The maximum Gasteiger partial charge on any atom is 0.310 e. The van der Waals surface area contributed by atoms with E-state index in [1.165, 1.54) is 0 Å². The third-order valence-corrected chi connectivity index (χ3v) is 2.19. The molecule has 1 aromatic rings. The Labute approximate surface area is 104 Å². The zero-order valence-corrected chi connectivity index (χ0v) is 10.7. The second-order valence-corrected chi connectivity index (χ2v) is 3.67. The Morgan fingerprint density at radius 1 is 1.38 bits per heavy atom. The van der Waals surface area contributed by atoms with E-state index in [1.54, 1.807) is 6.92 Å². The molecule has 0 aromatic heterocycles. The van der Waals surface area contributed by atoms with Crippen LogP contribution in [-0.4, -0.2) is 17.9 Å². The van der Waals surface area contributed by atoms with Gasteiger partial charge in [-0.3, -0.25) is 4.79 Å². The topological polar surface area (TPSA) is 26.3 Å². The van der Waals surface area contributed by atoms with Crippen LogP contribution in [0.1, 0.15) is 18.1 Å². The van der Waals surface area contributed by atoms with E-state index in [0.717, 1.165) is 11.1 Å². The Kier molecular flexibility index (Phi) is 5.66. The molecule has 1 rings (SSSR count).